The van der Waals surface area contributed by atoms with Gasteiger partial charge in [-0.25, -0.2) is 4.98 Å². The van der Waals surface area contributed by atoms with Gasteiger partial charge in [-0.05, 0) is 6.07 Å². The van der Waals surface area contributed by atoms with Crippen LogP contribution in [0.4, 0.5) is 0 Å². The molecule has 7 heteroatoms. The Morgan fingerprint density at radius 2 is 1.96 bits per heavy atom. The summed E-state index contributed by atoms with van der Waals surface area (Å²) in [6.45, 7) is 1.31. The van der Waals surface area contributed by atoms with Crippen molar-refractivity contribution in [3.63, 3.8) is 0 Å². The van der Waals surface area contributed by atoms with Crippen molar-refractivity contribution in [2.45, 2.75) is 13.1 Å². The molecule has 0 aliphatic rings. The molecule has 0 saturated heterocycles. The molecular formula is C17H20N6S. The minimum atomic E-state index is 0.641. The Hall–Kier alpha value is -2.67. The van der Waals surface area contributed by atoms with Crippen LogP contribution in [0.15, 0.2) is 53.0 Å². The van der Waals surface area contributed by atoms with E-state index in [4.69, 9.17) is 0 Å². The molecule has 24 heavy (non-hydrogen) atoms. The number of hydrogen-bond donors (Lipinski definition) is 2. The summed E-state index contributed by atoms with van der Waals surface area (Å²) in [6.07, 6.45) is 1.79. The molecule has 2 aromatic heterocycles. The number of aryl methyl sites for hydroxylation is 1. The summed E-state index contributed by atoms with van der Waals surface area (Å²) in [6, 6.07) is 12.2. The highest BCUT2D eigenvalue weighted by atomic mass is 32.1. The van der Waals surface area contributed by atoms with Crippen molar-refractivity contribution in [3.05, 3.63) is 58.7 Å². The number of aromatic nitrogens is 3. The molecule has 0 fully saturated rings. The van der Waals surface area contributed by atoms with Gasteiger partial charge in [0.15, 0.2) is 5.96 Å². The van der Waals surface area contributed by atoms with Crippen LogP contribution in [-0.2, 0) is 20.1 Å². The van der Waals surface area contributed by atoms with E-state index < -0.39 is 0 Å². The Morgan fingerprint density at radius 3 is 2.67 bits per heavy atom. The van der Waals surface area contributed by atoms with Crippen LogP contribution in [0.25, 0.3) is 11.3 Å². The minimum absolute atomic E-state index is 0.641. The van der Waals surface area contributed by atoms with Gasteiger partial charge in [-0.1, -0.05) is 30.3 Å². The van der Waals surface area contributed by atoms with E-state index in [1.54, 1.807) is 24.6 Å². The summed E-state index contributed by atoms with van der Waals surface area (Å²) in [7, 11) is 3.68. The molecule has 0 unspecified atom stereocenters. The summed E-state index contributed by atoms with van der Waals surface area (Å²) in [5.41, 5.74) is 3.24. The highest BCUT2D eigenvalue weighted by molar-refractivity contribution is 7.09. The van der Waals surface area contributed by atoms with Gasteiger partial charge in [-0.15, -0.1) is 11.3 Å². The Kier molecular flexibility index (Phi) is 5.22. The van der Waals surface area contributed by atoms with Gasteiger partial charge in [0, 0.05) is 31.2 Å². The van der Waals surface area contributed by atoms with Crippen molar-refractivity contribution in [1.29, 1.82) is 0 Å². The summed E-state index contributed by atoms with van der Waals surface area (Å²) in [5.74, 6) is 0.743. The normalized spacial score (nSPS) is 11.5. The lowest BCUT2D eigenvalue weighted by atomic mass is 10.2. The molecule has 3 rings (SSSR count). The first kappa shape index (κ1) is 16.2. The van der Waals surface area contributed by atoms with Crippen molar-refractivity contribution in [1.82, 2.24) is 25.4 Å². The Labute approximate surface area is 145 Å². The van der Waals surface area contributed by atoms with Gasteiger partial charge in [-0.2, -0.15) is 5.10 Å². The van der Waals surface area contributed by atoms with Crippen LogP contribution < -0.4 is 10.6 Å². The van der Waals surface area contributed by atoms with Gasteiger partial charge in [-0.3, -0.25) is 9.67 Å². The van der Waals surface area contributed by atoms with Crippen LogP contribution in [0.2, 0.25) is 0 Å². The number of rotatable bonds is 5. The summed E-state index contributed by atoms with van der Waals surface area (Å²) in [5, 5.41) is 13.8. The second-order valence-electron chi connectivity index (χ2n) is 5.22. The zero-order chi connectivity index (χ0) is 16.8. The van der Waals surface area contributed by atoms with Gasteiger partial charge in [0.25, 0.3) is 0 Å². The van der Waals surface area contributed by atoms with E-state index in [2.05, 4.69) is 43.2 Å². The van der Waals surface area contributed by atoms with Gasteiger partial charge in [0.1, 0.15) is 5.01 Å². The molecule has 1 aromatic carbocycles. The van der Waals surface area contributed by atoms with Crippen molar-refractivity contribution in [2.75, 3.05) is 7.05 Å². The number of nitrogens with zero attached hydrogens (tertiary/aromatic N) is 4. The smallest absolute Gasteiger partial charge is 0.191 e. The van der Waals surface area contributed by atoms with E-state index in [9.17, 15) is 0 Å². The largest absolute Gasteiger partial charge is 0.351 e. The minimum Gasteiger partial charge on any atom is -0.351 e. The average molecular weight is 340 g/mol. The van der Waals surface area contributed by atoms with E-state index in [-0.39, 0.29) is 0 Å². The van der Waals surface area contributed by atoms with E-state index in [0.29, 0.717) is 13.1 Å². The highest BCUT2D eigenvalue weighted by Crippen LogP contribution is 2.21. The molecule has 6 nitrogen and oxygen atoms in total. The topological polar surface area (TPSA) is 67.1 Å². The molecule has 0 aliphatic heterocycles. The molecule has 0 saturated carbocycles. The first-order valence-electron chi connectivity index (χ1n) is 7.67. The lowest BCUT2D eigenvalue weighted by molar-refractivity contribution is 0.684. The molecule has 0 bridgehead atoms. The van der Waals surface area contributed by atoms with Crippen molar-refractivity contribution >= 4 is 17.3 Å². The SMILES string of the molecule is CN=C(NCc1nc(-c2ccccc2)cs1)NCc1ccnn1C. The first-order chi connectivity index (χ1) is 11.8. The zero-order valence-electron chi connectivity index (χ0n) is 13.7. The number of guanidine groups is 1. The van der Waals surface area contributed by atoms with Gasteiger partial charge >= 0.3 is 0 Å². The molecule has 3 aromatic rings. The van der Waals surface area contributed by atoms with Crippen molar-refractivity contribution < 1.29 is 0 Å². The van der Waals surface area contributed by atoms with E-state index >= 15 is 0 Å². The van der Waals surface area contributed by atoms with Crippen LogP contribution in [0.3, 0.4) is 0 Å². The van der Waals surface area contributed by atoms with Gasteiger partial charge in [0.05, 0.1) is 24.5 Å². The monoisotopic (exact) mass is 340 g/mol. The predicted molar refractivity (Wildman–Crippen MR) is 97.8 cm³/mol. The molecule has 0 spiro atoms. The maximum atomic E-state index is 4.67. The first-order valence-corrected chi connectivity index (χ1v) is 8.55. The highest BCUT2D eigenvalue weighted by Gasteiger charge is 2.06. The number of nitrogens with one attached hydrogen (secondary N) is 2. The van der Waals surface area contributed by atoms with Crippen LogP contribution in [0, 0.1) is 0 Å². The fraction of sp³-hybridized carbons (Fsp3) is 0.235. The molecule has 2 N–H and O–H groups in total. The molecule has 0 amide bonds. The fourth-order valence-electron chi connectivity index (χ4n) is 2.26. The van der Waals surface area contributed by atoms with Gasteiger partial charge in [0.2, 0.25) is 0 Å². The molecular weight excluding hydrogens is 320 g/mol. The lowest BCUT2D eigenvalue weighted by Crippen LogP contribution is -2.36. The number of aliphatic imine (C=N–C) groups is 1. The second kappa shape index (κ2) is 7.74. The van der Waals surface area contributed by atoms with E-state index in [1.807, 2.05) is 36.0 Å². The third-order valence-electron chi connectivity index (χ3n) is 3.61. The van der Waals surface area contributed by atoms with Crippen LogP contribution in [0.5, 0.6) is 0 Å². The Morgan fingerprint density at radius 1 is 1.17 bits per heavy atom. The Balaban J connectivity index is 1.54. The quantitative estimate of drug-likeness (QED) is 0.553. The standard InChI is InChI=1S/C17H20N6S/c1-18-17(19-10-14-8-9-21-23(14)2)20-11-16-22-15(12-24-16)13-6-4-3-5-7-13/h3-9,12H,10-11H2,1-2H3,(H2,18,19,20). The van der Waals surface area contributed by atoms with Crippen molar-refractivity contribution in [2.24, 2.45) is 12.0 Å². The Bertz CT molecular complexity index is 805. The zero-order valence-corrected chi connectivity index (χ0v) is 14.5. The molecule has 0 atom stereocenters. The summed E-state index contributed by atoms with van der Waals surface area (Å²) in [4.78, 5) is 8.91. The number of thiazole rings is 1. The molecule has 2 heterocycles. The molecule has 124 valence electrons. The molecule has 0 radical (unpaired) electrons. The maximum absolute atomic E-state index is 4.67. The third kappa shape index (κ3) is 3.99. The third-order valence-corrected chi connectivity index (χ3v) is 4.46. The lowest BCUT2D eigenvalue weighted by Gasteiger charge is -2.10. The van der Waals surface area contributed by atoms with Crippen molar-refractivity contribution in [3.8, 4) is 11.3 Å². The predicted octanol–water partition coefficient (Wildman–Crippen LogP) is 2.41. The summed E-state index contributed by atoms with van der Waals surface area (Å²) < 4.78 is 1.84. The van der Waals surface area contributed by atoms with Crippen LogP contribution >= 0.6 is 11.3 Å². The molecule has 0 aliphatic carbocycles. The van der Waals surface area contributed by atoms with E-state index in [1.165, 1.54) is 0 Å². The second-order valence-corrected chi connectivity index (χ2v) is 6.16. The maximum Gasteiger partial charge on any atom is 0.191 e. The van der Waals surface area contributed by atoms with Crippen LogP contribution in [-0.4, -0.2) is 27.8 Å². The number of benzene rings is 1. The number of hydrogen-bond acceptors (Lipinski definition) is 4. The van der Waals surface area contributed by atoms with Crippen LogP contribution in [0.1, 0.15) is 10.7 Å². The van der Waals surface area contributed by atoms with E-state index in [0.717, 1.165) is 27.9 Å². The average Bonchev–Trinajstić information content (AvgIpc) is 3.25. The van der Waals surface area contributed by atoms with Gasteiger partial charge < -0.3 is 10.6 Å². The fourth-order valence-corrected chi connectivity index (χ4v) is 3.01. The summed E-state index contributed by atoms with van der Waals surface area (Å²) >= 11 is 1.64.